The van der Waals surface area contributed by atoms with Crippen molar-refractivity contribution >= 4 is 10.9 Å². The maximum absolute atomic E-state index is 4.92. The zero-order valence-electron chi connectivity index (χ0n) is 14.2. The molecule has 2 aromatic rings. The van der Waals surface area contributed by atoms with Crippen molar-refractivity contribution in [2.75, 3.05) is 6.54 Å². The number of nitrogens with zero attached hydrogens (tertiary/aromatic N) is 1. The van der Waals surface area contributed by atoms with E-state index in [1.807, 2.05) is 0 Å². The van der Waals surface area contributed by atoms with Crippen LogP contribution in [0.5, 0.6) is 0 Å². The van der Waals surface area contributed by atoms with E-state index in [0.29, 0.717) is 5.92 Å². The van der Waals surface area contributed by atoms with Gasteiger partial charge >= 0.3 is 0 Å². The molecule has 0 fully saturated rings. The van der Waals surface area contributed by atoms with Crippen molar-refractivity contribution in [1.82, 2.24) is 10.3 Å². The molecule has 0 amide bonds. The van der Waals surface area contributed by atoms with Crippen molar-refractivity contribution < 1.29 is 0 Å². The van der Waals surface area contributed by atoms with E-state index in [9.17, 15) is 0 Å². The molecule has 0 atom stereocenters. The smallest absolute Gasteiger partial charge is 0.0737 e. The third-order valence-electron chi connectivity index (χ3n) is 3.76. The summed E-state index contributed by atoms with van der Waals surface area (Å²) in [5.74, 6) is 0.668. The predicted octanol–water partition coefficient (Wildman–Crippen LogP) is 4.59. The monoisotopic (exact) mass is 284 g/mol. The molecule has 0 saturated carbocycles. The number of benzene rings is 1. The van der Waals surface area contributed by atoms with Crippen LogP contribution in [0.4, 0.5) is 0 Å². The van der Waals surface area contributed by atoms with Gasteiger partial charge in [0.2, 0.25) is 0 Å². The standard InChI is InChI=1S/C19H28N2/c1-13(2)11-20-12-15-10-17(19(4,5)6)21-18-14(3)8-7-9-16(15)18/h7-10,13,20H,11-12H2,1-6H3. The first-order valence-corrected chi connectivity index (χ1v) is 7.89. The predicted molar refractivity (Wildman–Crippen MR) is 91.7 cm³/mol. The molecular weight excluding hydrogens is 256 g/mol. The van der Waals surface area contributed by atoms with Crippen molar-refractivity contribution in [3.63, 3.8) is 0 Å². The maximum atomic E-state index is 4.92. The summed E-state index contributed by atoms with van der Waals surface area (Å²) in [6.07, 6.45) is 0. The average Bonchev–Trinajstić information content (AvgIpc) is 2.38. The summed E-state index contributed by atoms with van der Waals surface area (Å²) >= 11 is 0. The molecule has 1 aromatic heterocycles. The number of aromatic nitrogens is 1. The second kappa shape index (κ2) is 6.15. The van der Waals surface area contributed by atoms with Gasteiger partial charge in [-0.05, 0) is 36.6 Å². The Morgan fingerprint density at radius 3 is 2.52 bits per heavy atom. The summed E-state index contributed by atoms with van der Waals surface area (Å²) in [5, 5.41) is 4.84. The van der Waals surface area contributed by atoms with E-state index >= 15 is 0 Å². The van der Waals surface area contributed by atoms with Crippen LogP contribution in [0.2, 0.25) is 0 Å². The SMILES string of the molecule is Cc1cccc2c(CNCC(C)C)cc(C(C)(C)C)nc12. The Morgan fingerprint density at radius 2 is 1.90 bits per heavy atom. The molecule has 0 bridgehead atoms. The largest absolute Gasteiger partial charge is 0.312 e. The van der Waals surface area contributed by atoms with Crippen LogP contribution in [-0.2, 0) is 12.0 Å². The summed E-state index contributed by atoms with van der Waals surface area (Å²) in [5.41, 5.74) is 5.00. The van der Waals surface area contributed by atoms with E-state index in [0.717, 1.165) is 18.6 Å². The number of para-hydroxylation sites is 1. The normalized spacial score (nSPS) is 12.3. The van der Waals surface area contributed by atoms with Crippen molar-refractivity contribution in [1.29, 1.82) is 0 Å². The van der Waals surface area contributed by atoms with Crippen LogP contribution >= 0.6 is 0 Å². The van der Waals surface area contributed by atoms with E-state index in [4.69, 9.17) is 4.98 Å². The van der Waals surface area contributed by atoms with Gasteiger partial charge < -0.3 is 5.32 Å². The maximum Gasteiger partial charge on any atom is 0.0737 e. The van der Waals surface area contributed by atoms with E-state index in [-0.39, 0.29) is 5.41 Å². The Labute approximate surface area is 129 Å². The molecule has 1 N–H and O–H groups in total. The lowest BCUT2D eigenvalue weighted by atomic mass is 9.89. The first-order chi connectivity index (χ1) is 9.79. The van der Waals surface area contributed by atoms with Crippen molar-refractivity contribution in [3.05, 3.63) is 41.1 Å². The number of hydrogen-bond acceptors (Lipinski definition) is 2. The number of hydrogen-bond donors (Lipinski definition) is 1. The first-order valence-electron chi connectivity index (χ1n) is 7.89. The van der Waals surface area contributed by atoms with Crippen molar-refractivity contribution in [2.24, 2.45) is 5.92 Å². The molecule has 0 spiro atoms. The minimum Gasteiger partial charge on any atom is -0.312 e. The van der Waals surface area contributed by atoms with Crippen LogP contribution in [0.1, 0.15) is 51.4 Å². The lowest BCUT2D eigenvalue weighted by molar-refractivity contribution is 0.548. The van der Waals surface area contributed by atoms with Gasteiger partial charge in [-0.2, -0.15) is 0 Å². The molecule has 2 rings (SSSR count). The highest BCUT2D eigenvalue weighted by Crippen LogP contribution is 2.27. The number of fused-ring (bicyclic) bond motifs is 1. The minimum atomic E-state index is 0.0727. The van der Waals surface area contributed by atoms with E-state index < -0.39 is 0 Å². The Balaban J connectivity index is 2.48. The third-order valence-corrected chi connectivity index (χ3v) is 3.76. The number of rotatable bonds is 4. The molecule has 21 heavy (non-hydrogen) atoms. The molecule has 114 valence electrons. The van der Waals surface area contributed by atoms with E-state index in [2.05, 4.69) is 71.1 Å². The average molecular weight is 284 g/mol. The van der Waals surface area contributed by atoms with Crippen LogP contribution in [-0.4, -0.2) is 11.5 Å². The summed E-state index contributed by atoms with van der Waals surface area (Å²) in [7, 11) is 0. The second-order valence-corrected chi connectivity index (χ2v) is 7.41. The Hall–Kier alpha value is -1.41. The van der Waals surface area contributed by atoms with Gasteiger partial charge in [-0.3, -0.25) is 4.98 Å². The Bertz CT molecular complexity index is 621. The molecule has 0 aliphatic heterocycles. The fraction of sp³-hybridized carbons (Fsp3) is 0.526. The molecule has 2 nitrogen and oxygen atoms in total. The van der Waals surface area contributed by atoms with Crippen LogP contribution in [0.15, 0.2) is 24.3 Å². The molecule has 1 aromatic carbocycles. The second-order valence-electron chi connectivity index (χ2n) is 7.41. The molecular formula is C19H28N2. The fourth-order valence-electron chi connectivity index (χ4n) is 2.49. The van der Waals surface area contributed by atoms with Gasteiger partial charge in [0.1, 0.15) is 0 Å². The lowest BCUT2D eigenvalue weighted by Gasteiger charge is -2.21. The van der Waals surface area contributed by atoms with Gasteiger partial charge in [0.05, 0.1) is 5.52 Å². The van der Waals surface area contributed by atoms with Gasteiger partial charge in [0, 0.05) is 23.0 Å². The highest BCUT2D eigenvalue weighted by Gasteiger charge is 2.18. The molecule has 0 unspecified atom stereocenters. The van der Waals surface area contributed by atoms with Gasteiger partial charge in [0.25, 0.3) is 0 Å². The highest BCUT2D eigenvalue weighted by molar-refractivity contribution is 5.85. The molecule has 0 radical (unpaired) electrons. The first kappa shape index (κ1) is 16.0. The van der Waals surface area contributed by atoms with Gasteiger partial charge in [-0.15, -0.1) is 0 Å². The lowest BCUT2D eigenvalue weighted by Crippen LogP contribution is -2.20. The third kappa shape index (κ3) is 3.82. The van der Waals surface area contributed by atoms with Crippen LogP contribution in [0.3, 0.4) is 0 Å². The zero-order valence-corrected chi connectivity index (χ0v) is 14.2. The van der Waals surface area contributed by atoms with Crippen molar-refractivity contribution in [3.8, 4) is 0 Å². The van der Waals surface area contributed by atoms with E-state index in [1.54, 1.807) is 0 Å². The molecule has 1 heterocycles. The van der Waals surface area contributed by atoms with Crippen LogP contribution in [0.25, 0.3) is 10.9 Å². The zero-order chi connectivity index (χ0) is 15.6. The Morgan fingerprint density at radius 1 is 1.19 bits per heavy atom. The van der Waals surface area contributed by atoms with Gasteiger partial charge in [-0.1, -0.05) is 52.8 Å². The Kier molecular flexibility index (Phi) is 4.67. The topological polar surface area (TPSA) is 24.9 Å². The minimum absolute atomic E-state index is 0.0727. The summed E-state index contributed by atoms with van der Waals surface area (Å²) < 4.78 is 0. The van der Waals surface area contributed by atoms with Gasteiger partial charge in [-0.25, -0.2) is 0 Å². The van der Waals surface area contributed by atoms with Crippen molar-refractivity contribution in [2.45, 2.75) is 53.5 Å². The van der Waals surface area contributed by atoms with Gasteiger partial charge in [0.15, 0.2) is 0 Å². The molecule has 0 aliphatic rings. The number of aryl methyl sites for hydroxylation is 1. The quantitative estimate of drug-likeness (QED) is 0.888. The fourth-order valence-corrected chi connectivity index (χ4v) is 2.49. The highest BCUT2D eigenvalue weighted by atomic mass is 14.9. The van der Waals surface area contributed by atoms with Crippen LogP contribution in [0, 0.1) is 12.8 Å². The number of pyridine rings is 1. The molecule has 2 heteroatoms. The van der Waals surface area contributed by atoms with Crippen LogP contribution < -0.4 is 5.32 Å². The number of nitrogens with one attached hydrogen (secondary N) is 1. The molecule has 0 aliphatic carbocycles. The summed E-state index contributed by atoms with van der Waals surface area (Å²) in [6.45, 7) is 15.3. The van der Waals surface area contributed by atoms with E-state index in [1.165, 1.54) is 22.2 Å². The molecule has 0 saturated heterocycles. The summed E-state index contributed by atoms with van der Waals surface area (Å²) in [6, 6.07) is 8.73. The summed E-state index contributed by atoms with van der Waals surface area (Å²) in [4.78, 5) is 4.92.